The standard InChI is InChI=1S/C58H98N2O46/c1-12(68)59-23-31(77)44(19(8-66)92-50(23)89)101-51-24(60-13(2)69)32(78)45(20(9-67)97-51)102-56-42(88)47(104-57-48(35(81)27(73)17(6-64)95-57)105-54-39(85)34(80)26(72)16(5-63)94-54)30(76)22(99-56)11-91-53-41(87)46(29(75)21(98-53)10-90-52-38(84)33(79)25(71)15(4-62)93-52)103-58-49(36(82)28(74)18(7-65)96-58)106-55-40(86)37(83)43(100-55)14(70)3-61/h14-58,61-67,70-89H,3-11H2,1-2H3,(H,59,68)(H,60,69)/t14-,15-,16-,17-,18-,19-,20-,21-,22-,23-,24-,25-,26-,27-,28-,29-,30-,31-,32-,33+,34+,35+,36+,37-,38+,39-,40-,41+,42+,43+,44-,45-,46+,47+,48+,49+,50?,51+,52+,53+,54-,55-,56+,57-,58-/m1/s1. The molecule has 0 saturated carbocycles. The number of amides is 2. The second kappa shape index (κ2) is 37.9. The van der Waals surface area contributed by atoms with Crippen molar-refractivity contribution in [3.05, 3.63) is 0 Å². The molecule has 0 aromatic carbocycles. The summed E-state index contributed by atoms with van der Waals surface area (Å²) in [5.74, 6) is -1.72. The van der Waals surface area contributed by atoms with Crippen molar-refractivity contribution in [2.45, 2.75) is 290 Å². The van der Waals surface area contributed by atoms with E-state index in [1.807, 2.05) is 0 Å². The Hall–Kier alpha value is -2.82. The number of rotatable bonds is 28. The topological polar surface area (TPSA) is 761 Å². The summed E-state index contributed by atoms with van der Waals surface area (Å²) < 4.78 is 98.9. The SMILES string of the molecule is CC(=O)N[C@H]1[C@H](O[C@H]2[C@H](O)[C@@H](NC(C)=O)C(O)O[C@@H]2CO)O[C@H](CO)[C@@H](O[C@@H]2O[C@H](CO[C@H]3O[C@H](CO[C@H]4O[C@H](CO)[C@@H](O)[C@H](O)[C@@H]4O)[C@@H](O)[C@H](O[C@H]4O[C@H](CO)[C@@H](O)[C@H](O)[C@@H]4O[C@H]4O[C@@H]([C@H](O)CO)[C@H](O)[C@H]4O)[C@@H]3O)[C@@H](O)[C@H](O[C@H]3O[C@H](CO)[C@@H](O)[C@H](O)[C@@H]3O[C@H]3O[C@H](CO)[C@@H](O)[C@H](O)[C@H]3O)[C@@H]2O)[C@@H]1O. The summed E-state index contributed by atoms with van der Waals surface area (Å²) in [6.07, 6.45) is -90.4. The van der Waals surface area contributed by atoms with Crippen molar-refractivity contribution in [2.75, 3.05) is 59.5 Å². The van der Waals surface area contributed by atoms with Crippen LogP contribution < -0.4 is 10.6 Å². The van der Waals surface area contributed by atoms with E-state index in [9.17, 15) is 147 Å². The normalized spacial score (nSPS) is 50.7. The first-order valence-corrected chi connectivity index (χ1v) is 33.7. The quantitative estimate of drug-likeness (QED) is 0.0346. The van der Waals surface area contributed by atoms with Gasteiger partial charge in [0, 0.05) is 13.8 Å². The number of carbonyl (C=O) groups excluding carboxylic acids is 2. The maximum Gasteiger partial charge on any atom is 0.217 e. The van der Waals surface area contributed by atoms with Gasteiger partial charge in [0.1, 0.15) is 220 Å². The first-order chi connectivity index (χ1) is 50.2. The molecule has 2 amide bonds. The Balaban J connectivity index is 1.06. The van der Waals surface area contributed by atoms with E-state index in [1.54, 1.807) is 0 Å². The predicted molar refractivity (Wildman–Crippen MR) is 320 cm³/mol. The van der Waals surface area contributed by atoms with Gasteiger partial charge in [-0.3, -0.25) is 9.59 Å². The molecule has 106 heavy (non-hydrogen) atoms. The largest absolute Gasteiger partial charge is 0.394 e. The Morgan fingerprint density at radius 2 is 0.604 bits per heavy atom. The fourth-order valence-corrected chi connectivity index (χ4v) is 13.6. The van der Waals surface area contributed by atoms with Crippen LogP contribution in [0.2, 0.25) is 0 Å². The van der Waals surface area contributed by atoms with Crippen LogP contribution in [-0.2, 0) is 90.1 Å². The van der Waals surface area contributed by atoms with Gasteiger partial charge in [-0.25, -0.2) is 0 Å². The maximum atomic E-state index is 12.9. The van der Waals surface area contributed by atoms with Crippen LogP contribution in [0.3, 0.4) is 0 Å². The molecular weight excluding hydrogens is 1460 g/mol. The van der Waals surface area contributed by atoms with Gasteiger partial charge < -0.3 is 229 Å². The summed E-state index contributed by atoms with van der Waals surface area (Å²) in [4.78, 5) is 25.0. The zero-order valence-corrected chi connectivity index (χ0v) is 56.2. The molecule has 1 unspecified atom stereocenters. The Bertz CT molecular complexity index is 2710. The zero-order chi connectivity index (χ0) is 77.9. The van der Waals surface area contributed by atoms with Crippen LogP contribution in [0, 0.1) is 0 Å². The highest BCUT2D eigenvalue weighted by atomic mass is 16.8. The first-order valence-electron chi connectivity index (χ1n) is 33.7. The molecule has 0 bridgehead atoms. The molecule has 9 rings (SSSR count). The molecule has 45 atom stereocenters. The van der Waals surface area contributed by atoms with Crippen molar-refractivity contribution in [1.29, 1.82) is 0 Å². The summed E-state index contributed by atoms with van der Waals surface area (Å²) in [5.41, 5.74) is 0. The monoisotopic (exact) mass is 1560 g/mol. The number of hydrogen-bond donors (Lipinski definition) is 29. The van der Waals surface area contributed by atoms with Crippen LogP contribution >= 0.6 is 0 Å². The highest BCUT2D eigenvalue weighted by molar-refractivity contribution is 5.73. The summed E-state index contributed by atoms with van der Waals surface area (Å²) >= 11 is 0. The number of aliphatic hydroxyl groups is 27. The Morgan fingerprint density at radius 1 is 0.292 bits per heavy atom. The van der Waals surface area contributed by atoms with Gasteiger partial charge in [-0.05, 0) is 0 Å². The lowest BCUT2D eigenvalue weighted by Gasteiger charge is -2.51. The van der Waals surface area contributed by atoms with E-state index in [1.165, 1.54) is 0 Å². The van der Waals surface area contributed by atoms with E-state index in [0.717, 1.165) is 13.8 Å². The summed E-state index contributed by atoms with van der Waals surface area (Å²) in [6.45, 7) is -7.77. The van der Waals surface area contributed by atoms with Gasteiger partial charge in [-0.2, -0.15) is 0 Å². The lowest BCUT2D eigenvalue weighted by Crippen LogP contribution is -2.70. The van der Waals surface area contributed by atoms with Crippen LogP contribution in [-0.4, -0.2) is 485 Å². The van der Waals surface area contributed by atoms with Gasteiger partial charge in [0.2, 0.25) is 11.8 Å². The molecule has 0 radical (unpaired) electrons. The molecule has 9 aliphatic heterocycles. The van der Waals surface area contributed by atoms with Crippen molar-refractivity contribution in [3.63, 3.8) is 0 Å². The first kappa shape index (κ1) is 87.2. The van der Waals surface area contributed by atoms with Gasteiger partial charge in [-0.15, -0.1) is 0 Å². The third-order valence-electron chi connectivity index (χ3n) is 19.5. The molecule has 29 N–H and O–H groups in total. The third kappa shape index (κ3) is 18.7. The fourth-order valence-electron chi connectivity index (χ4n) is 13.6. The van der Waals surface area contributed by atoms with Crippen molar-refractivity contribution < 1.29 is 228 Å². The minimum Gasteiger partial charge on any atom is -0.394 e. The smallest absolute Gasteiger partial charge is 0.217 e. The fraction of sp³-hybridized carbons (Fsp3) is 0.966. The molecule has 0 spiro atoms. The molecule has 9 heterocycles. The predicted octanol–water partition coefficient (Wildman–Crippen LogP) is -20.3. The second-order valence-corrected chi connectivity index (χ2v) is 26.7. The molecular formula is C58H98N2O46. The lowest BCUT2D eigenvalue weighted by atomic mass is 9.94. The van der Waals surface area contributed by atoms with Crippen LogP contribution in [0.1, 0.15) is 13.8 Å². The minimum absolute atomic E-state index is 0.784. The molecule has 0 aliphatic carbocycles. The van der Waals surface area contributed by atoms with Gasteiger partial charge in [0.15, 0.2) is 56.6 Å². The maximum absolute atomic E-state index is 12.9. The van der Waals surface area contributed by atoms with E-state index in [2.05, 4.69) is 10.6 Å². The van der Waals surface area contributed by atoms with Crippen LogP contribution in [0.5, 0.6) is 0 Å². The van der Waals surface area contributed by atoms with Gasteiger partial charge in [0.05, 0.1) is 59.5 Å². The molecule has 9 saturated heterocycles. The van der Waals surface area contributed by atoms with Crippen molar-refractivity contribution >= 4 is 11.8 Å². The van der Waals surface area contributed by atoms with E-state index < -0.39 is 348 Å². The number of carbonyl (C=O) groups is 2. The van der Waals surface area contributed by atoms with Crippen LogP contribution in [0.15, 0.2) is 0 Å². The van der Waals surface area contributed by atoms with E-state index >= 15 is 0 Å². The average Bonchev–Trinajstić information content (AvgIpc) is 0.784. The minimum atomic E-state index is -2.55. The van der Waals surface area contributed by atoms with Crippen LogP contribution in [0.25, 0.3) is 0 Å². The lowest BCUT2D eigenvalue weighted by molar-refractivity contribution is -0.399. The van der Waals surface area contributed by atoms with E-state index in [4.69, 9.17) is 80.5 Å². The molecule has 9 aliphatic rings. The van der Waals surface area contributed by atoms with E-state index in [-0.39, 0.29) is 0 Å². The molecule has 9 fully saturated rings. The number of hydrogen-bond acceptors (Lipinski definition) is 46. The second-order valence-electron chi connectivity index (χ2n) is 26.7. The Kier molecular flexibility index (Phi) is 31.1. The average molecular weight is 1560 g/mol. The third-order valence-corrected chi connectivity index (χ3v) is 19.5. The number of nitrogens with one attached hydrogen (secondary N) is 2. The highest BCUT2D eigenvalue weighted by Gasteiger charge is 2.61. The Morgan fingerprint density at radius 3 is 1.06 bits per heavy atom. The number of aliphatic hydroxyl groups excluding tert-OH is 27. The van der Waals surface area contributed by atoms with Crippen LogP contribution in [0.4, 0.5) is 0 Å². The van der Waals surface area contributed by atoms with Gasteiger partial charge in [0.25, 0.3) is 0 Å². The summed E-state index contributed by atoms with van der Waals surface area (Å²) in [7, 11) is 0. The highest BCUT2D eigenvalue weighted by Crippen LogP contribution is 2.40. The molecule has 48 heteroatoms. The van der Waals surface area contributed by atoms with Crippen molar-refractivity contribution in [2.24, 2.45) is 0 Å². The molecule has 48 nitrogen and oxygen atoms in total. The van der Waals surface area contributed by atoms with Crippen molar-refractivity contribution in [3.8, 4) is 0 Å². The van der Waals surface area contributed by atoms with E-state index in [0.29, 0.717) is 0 Å². The Labute approximate surface area is 598 Å². The van der Waals surface area contributed by atoms with Crippen molar-refractivity contribution in [1.82, 2.24) is 10.6 Å². The number of ether oxygens (including phenoxy) is 17. The van der Waals surface area contributed by atoms with Gasteiger partial charge >= 0.3 is 0 Å². The summed E-state index contributed by atoms with van der Waals surface area (Å²) in [5, 5.41) is 301. The molecule has 0 aromatic heterocycles. The zero-order valence-electron chi connectivity index (χ0n) is 56.2. The van der Waals surface area contributed by atoms with Gasteiger partial charge in [-0.1, -0.05) is 0 Å². The molecule has 616 valence electrons. The summed E-state index contributed by atoms with van der Waals surface area (Å²) in [6, 6.07) is -3.56. The molecule has 0 aromatic rings.